The summed E-state index contributed by atoms with van der Waals surface area (Å²) in [5.41, 5.74) is -0.736. The minimum absolute atomic E-state index is 0.00826. The first-order valence-electron chi connectivity index (χ1n) is 7.56. The van der Waals surface area contributed by atoms with Gasteiger partial charge in [-0.05, 0) is 39.2 Å². The number of carbonyl (C=O) groups is 2. The Hall–Kier alpha value is -2.11. The zero-order valence-electron chi connectivity index (χ0n) is 13.2. The van der Waals surface area contributed by atoms with Gasteiger partial charge in [-0.25, -0.2) is 9.78 Å². The molecule has 22 heavy (non-hydrogen) atoms. The number of carboxylic acids is 1. The first kappa shape index (κ1) is 16.3. The first-order valence-corrected chi connectivity index (χ1v) is 7.56. The van der Waals surface area contributed by atoms with E-state index in [-0.39, 0.29) is 12.0 Å². The number of carboxylic acid groups (broad SMARTS) is 1. The fourth-order valence-electron chi connectivity index (χ4n) is 2.56. The van der Waals surface area contributed by atoms with Crippen molar-refractivity contribution < 1.29 is 19.4 Å². The molecule has 1 aromatic rings. The second-order valence-corrected chi connectivity index (χ2v) is 5.86. The zero-order valence-corrected chi connectivity index (χ0v) is 13.2. The highest BCUT2D eigenvalue weighted by atomic mass is 16.5. The van der Waals surface area contributed by atoms with Crippen LogP contribution in [0.15, 0.2) is 18.3 Å². The SMILES string of the molecule is CCC(C)Oc1cc(C(=O)N2CCCC2(C)C(=O)O)ccn1. The largest absolute Gasteiger partial charge is 0.480 e. The molecule has 1 fully saturated rings. The predicted molar refractivity (Wildman–Crippen MR) is 80.9 cm³/mol. The molecule has 2 atom stereocenters. The third kappa shape index (κ3) is 3.05. The molecule has 0 bridgehead atoms. The molecule has 2 rings (SSSR count). The maximum Gasteiger partial charge on any atom is 0.329 e. The maximum atomic E-state index is 12.7. The smallest absolute Gasteiger partial charge is 0.329 e. The summed E-state index contributed by atoms with van der Waals surface area (Å²) >= 11 is 0. The van der Waals surface area contributed by atoms with E-state index in [4.69, 9.17) is 4.74 Å². The fourth-order valence-corrected chi connectivity index (χ4v) is 2.56. The molecule has 0 aromatic carbocycles. The van der Waals surface area contributed by atoms with Crippen LogP contribution in [0.2, 0.25) is 0 Å². The van der Waals surface area contributed by atoms with E-state index in [1.54, 1.807) is 19.1 Å². The van der Waals surface area contributed by atoms with Crippen molar-refractivity contribution in [3.63, 3.8) is 0 Å². The monoisotopic (exact) mass is 306 g/mol. The quantitative estimate of drug-likeness (QED) is 0.903. The highest BCUT2D eigenvalue weighted by molar-refractivity contribution is 5.98. The molecule has 0 spiro atoms. The number of likely N-dealkylation sites (tertiary alicyclic amines) is 1. The lowest BCUT2D eigenvalue weighted by atomic mass is 9.98. The lowest BCUT2D eigenvalue weighted by Crippen LogP contribution is -2.50. The summed E-state index contributed by atoms with van der Waals surface area (Å²) < 4.78 is 5.62. The molecule has 1 aliphatic rings. The molecule has 1 N–H and O–H groups in total. The lowest BCUT2D eigenvalue weighted by molar-refractivity contribution is -0.147. The van der Waals surface area contributed by atoms with Gasteiger partial charge in [0.1, 0.15) is 5.54 Å². The Morgan fingerprint density at radius 3 is 2.91 bits per heavy atom. The molecule has 1 saturated heterocycles. The third-order valence-corrected chi connectivity index (χ3v) is 4.23. The molecule has 2 unspecified atom stereocenters. The van der Waals surface area contributed by atoms with Gasteiger partial charge < -0.3 is 14.7 Å². The molecule has 0 radical (unpaired) electrons. The molecule has 6 nitrogen and oxygen atoms in total. The number of aromatic nitrogens is 1. The summed E-state index contributed by atoms with van der Waals surface area (Å²) in [5, 5.41) is 9.41. The number of pyridine rings is 1. The summed E-state index contributed by atoms with van der Waals surface area (Å²) in [4.78, 5) is 29.7. The zero-order chi connectivity index (χ0) is 16.3. The van der Waals surface area contributed by atoms with Crippen LogP contribution in [0.3, 0.4) is 0 Å². The highest BCUT2D eigenvalue weighted by Gasteiger charge is 2.46. The molecule has 120 valence electrons. The van der Waals surface area contributed by atoms with E-state index in [1.165, 1.54) is 11.1 Å². The van der Waals surface area contributed by atoms with Crippen LogP contribution in [-0.2, 0) is 4.79 Å². The molecular weight excluding hydrogens is 284 g/mol. The van der Waals surface area contributed by atoms with Crippen molar-refractivity contribution in [1.82, 2.24) is 9.88 Å². The normalized spacial score (nSPS) is 22.4. The van der Waals surface area contributed by atoms with E-state index in [0.717, 1.165) is 6.42 Å². The average molecular weight is 306 g/mol. The van der Waals surface area contributed by atoms with Crippen molar-refractivity contribution in [2.75, 3.05) is 6.54 Å². The van der Waals surface area contributed by atoms with Gasteiger partial charge in [-0.2, -0.15) is 0 Å². The standard InChI is InChI=1S/C16H22N2O4/c1-4-11(2)22-13-10-12(6-8-17-13)14(19)18-9-5-7-16(18,3)15(20)21/h6,8,10-11H,4-5,7,9H2,1-3H3,(H,20,21). The van der Waals surface area contributed by atoms with E-state index in [9.17, 15) is 14.7 Å². The molecule has 1 amide bonds. The van der Waals surface area contributed by atoms with Crippen LogP contribution in [0, 0.1) is 0 Å². The Bertz CT molecular complexity index is 575. The second kappa shape index (κ2) is 6.34. The van der Waals surface area contributed by atoms with Crippen LogP contribution in [0.25, 0.3) is 0 Å². The summed E-state index contributed by atoms with van der Waals surface area (Å²) in [7, 11) is 0. The van der Waals surface area contributed by atoms with Gasteiger partial charge in [0.05, 0.1) is 6.10 Å². The minimum Gasteiger partial charge on any atom is -0.480 e. The Morgan fingerprint density at radius 1 is 1.55 bits per heavy atom. The number of nitrogens with zero attached hydrogens (tertiary/aromatic N) is 2. The van der Waals surface area contributed by atoms with E-state index >= 15 is 0 Å². The van der Waals surface area contributed by atoms with Crippen molar-refractivity contribution in [2.45, 2.75) is 51.7 Å². The van der Waals surface area contributed by atoms with Gasteiger partial charge in [-0.15, -0.1) is 0 Å². The molecule has 2 heterocycles. The predicted octanol–water partition coefficient (Wildman–Crippen LogP) is 2.34. The number of carbonyl (C=O) groups excluding carboxylic acids is 1. The van der Waals surface area contributed by atoms with Crippen LogP contribution in [0.4, 0.5) is 0 Å². The van der Waals surface area contributed by atoms with Crippen molar-refractivity contribution in [3.8, 4) is 5.88 Å². The van der Waals surface area contributed by atoms with Gasteiger partial charge in [0.25, 0.3) is 5.91 Å². The number of amides is 1. The Kier molecular flexibility index (Phi) is 4.68. The van der Waals surface area contributed by atoms with Gasteiger partial charge in [0, 0.05) is 24.4 Å². The van der Waals surface area contributed by atoms with Crippen LogP contribution in [0.5, 0.6) is 5.88 Å². The van der Waals surface area contributed by atoms with Gasteiger partial charge >= 0.3 is 5.97 Å². The topological polar surface area (TPSA) is 79.7 Å². The van der Waals surface area contributed by atoms with E-state index < -0.39 is 11.5 Å². The third-order valence-electron chi connectivity index (χ3n) is 4.23. The summed E-state index contributed by atoms with van der Waals surface area (Å²) in [5.74, 6) is -0.876. The summed E-state index contributed by atoms with van der Waals surface area (Å²) in [6.07, 6.45) is 3.52. The number of hydrogen-bond acceptors (Lipinski definition) is 4. The average Bonchev–Trinajstić information content (AvgIpc) is 2.90. The van der Waals surface area contributed by atoms with Gasteiger partial charge in [0.15, 0.2) is 0 Å². The Balaban J connectivity index is 2.22. The van der Waals surface area contributed by atoms with E-state index in [1.807, 2.05) is 13.8 Å². The highest BCUT2D eigenvalue weighted by Crippen LogP contribution is 2.31. The van der Waals surface area contributed by atoms with Crippen LogP contribution in [-0.4, -0.2) is 45.1 Å². The van der Waals surface area contributed by atoms with E-state index in [2.05, 4.69) is 4.98 Å². The van der Waals surface area contributed by atoms with Gasteiger partial charge in [-0.1, -0.05) is 6.92 Å². The van der Waals surface area contributed by atoms with Crippen LogP contribution >= 0.6 is 0 Å². The lowest BCUT2D eigenvalue weighted by Gasteiger charge is -2.31. The Morgan fingerprint density at radius 2 is 2.27 bits per heavy atom. The molecule has 0 saturated carbocycles. The summed E-state index contributed by atoms with van der Waals surface area (Å²) in [6.45, 7) is 5.98. The molecular formula is C16H22N2O4. The van der Waals surface area contributed by atoms with Crippen molar-refractivity contribution in [2.24, 2.45) is 0 Å². The second-order valence-electron chi connectivity index (χ2n) is 5.86. The van der Waals surface area contributed by atoms with Gasteiger partial charge in [0.2, 0.25) is 5.88 Å². The Labute approximate surface area is 130 Å². The summed E-state index contributed by atoms with van der Waals surface area (Å²) in [6, 6.07) is 3.17. The van der Waals surface area contributed by atoms with Crippen molar-refractivity contribution >= 4 is 11.9 Å². The number of rotatable bonds is 5. The van der Waals surface area contributed by atoms with Crippen molar-refractivity contribution in [1.29, 1.82) is 0 Å². The minimum atomic E-state index is -1.14. The van der Waals surface area contributed by atoms with E-state index in [0.29, 0.717) is 30.8 Å². The maximum absolute atomic E-state index is 12.7. The molecule has 0 aliphatic carbocycles. The molecule has 6 heteroatoms. The molecule has 1 aliphatic heterocycles. The number of aliphatic carboxylic acids is 1. The number of ether oxygens (including phenoxy) is 1. The van der Waals surface area contributed by atoms with Crippen LogP contribution < -0.4 is 4.74 Å². The fraction of sp³-hybridized carbons (Fsp3) is 0.562. The van der Waals surface area contributed by atoms with Crippen LogP contribution in [0.1, 0.15) is 50.4 Å². The first-order chi connectivity index (χ1) is 10.4. The van der Waals surface area contributed by atoms with Gasteiger partial charge in [-0.3, -0.25) is 4.79 Å². The van der Waals surface area contributed by atoms with Crippen molar-refractivity contribution in [3.05, 3.63) is 23.9 Å². The number of hydrogen-bond donors (Lipinski definition) is 1. The molecule has 1 aromatic heterocycles.